The fraction of sp³-hybridized carbons (Fsp3) is 0.267. The molecule has 2 aliphatic carbocycles. The first-order valence-corrected chi connectivity index (χ1v) is 13.5. The van der Waals surface area contributed by atoms with E-state index in [1.54, 1.807) is 42.5 Å². The summed E-state index contributed by atoms with van der Waals surface area (Å²) in [5, 5.41) is 2.66. The van der Waals surface area contributed by atoms with Gasteiger partial charge in [0.25, 0.3) is 5.91 Å². The average molecular weight is 573 g/mol. The lowest BCUT2D eigenvalue weighted by Gasteiger charge is -2.28. The molecule has 3 aliphatic rings. The Morgan fingerprint density at radius 2 is 1.63 bits per heavy atom. The van der Waals surface area contributed by atoms with Crippen LogP contribution < -0.4 is 10.2 Å². The number of halogens is 1. The standard InChI is InChI=1S/C30H25BrN2O5/c31-20-9-11-21(12-10-20)32-25(34)16-38-30(37)18-7-4-8-22(13-18)33-28(35)26-19-14-23(17-5-2-1-3-6-17)24(15-19)27(26)29(33)36/h1-13,19,23-24,26-27H,14-16H2,(H,32,34)/t19-,23-,24+,26+,27-/m0/s1. The highest BCUT2D eigenvalue weighted by molar-refractivity contribution is 9.10. The molecule has 5 atom stereocenters. The molecule has 0 spiro atoms. The average Bonchev–Trinajstić information content (AvgIpc) is 3.60. The summed E-state index contributed by atoms with van der Waals surface area (Å²) in [6.07, 6.45) is 1.81. The Kier molecular flexibility index (Phi) is 6.35. The highest BCUT2D eigenvalue weighted by atomic mass is 79.9. The zero-order chi connectivity index (χ0) is 26.4. The van der Waals surface area contributed by atoms with Crippen molar-refractivity contribution in [3.63, 3.8) is 0 Å². The van der Waals surface area contributed by atoms with E-state index in [0.717, 1.165) is 17.3 Å². The lowest BCUT2D eigenvalue weighted by molar-refractivity contribution is -0.123. The number of anilines is 2. The highest BCUT2D eigenvalue weighted by Gasteiger charge is 2.64. The molecule has 7 nitrogen and oxygen atoms in total. The number of esters is 1. The Morgan fingerprint density at radius 3 is 2.39 bits per heavy atom. The van der Waals surface area contributed by atoms with Crippen LogP contribution in [-0.4, -0.2) is 30.3 Å². The van der Waals surface area contributed by atoms with Gasteiger partial charge in [0.2, 0.25) is 11.8 Å². The maximum absolute atomic E-state index is 13.6. The van der Waals surface area contributed by atoms with E-state index in [-0.39, 0.29) is 47.0 Å². The first-order valence-electron chi connectivity index (χ1n) is 12.7. The third kappa shape index (κ3) is 4.32. The molecule has 3 amide bonds. The Hall–Kier alpha value is -3.78. The number of nitrogens with one attached hydrogen (secondary N) is 1. The second-order valence-electron chi connectivity index (χ2n) is 10.2. The van der Waals surface area contributed by atoms with Crippen molar-refractivity contribution < 1.29 is 23.9 Å². The first-order chi connectivity index (χ1) is 18.4. The monoisotopic (exact) mass is 572 g/mol. The van der Waals surface area contributed by atoms with Gasteiger partial charge < -0.3 is 10.1 Å². The summed E-state index contributed by atoms with van der Waals surface area (Å²) < 4.78 is 6.07. The number of ether oxygens (including phenoxy) is 1. The van der Waals surface area contributed by atoms with Gasteiger partial charge in [-0.1, -0.05) is 52.3 Å². The number of carbonyl (C=O) groups excluding carboxylic acids is 4. The topological polar surface area (TPSA) is 92.8 Å². The zero-order valence-electron chi connectivity index (χ0n) is 20.4. The van der Waals surface area contributed by atoms with Crippen molar-refractivity contribution in [1.29, 1.82) is 0 Å². The van der Waals surface area contributed by atoms with E-state index in [4.69, 9.17) is 4.74 Å². The Labute approximate surface area is 228 Å². The van der Waals surface area contributed by atoms with Crippen LogP contribution >= 0.6 is 15.9 Å². The molecule has 2 bridgehead atoms. The van der Waals surface area contributed by atoms with Crippen LogP contribution in [0.3, 0.4) is 0 Å². The van der Waals surface area contributed by atoms with Crippen molar-refractivity contribution in [3.05, 3.63) is 94.5 Å². The van der Waals surface area contributed by atoms with Crippen molar-refractivity contribution in [2.75, 3.05) is 16.8 Å². The van der Waals surface area contributed by atoms with E-state index in [2.05, 4.69) is 33.4 Å². The molecule has 1 aliphatic heterocycles. The summed E-state index contributed by atoms with van der Waals surface area (Å²) in [6, 6.07) is 23.5. The third-order valence-electron chi connectivity index (χ3n) is 8.05. The lowest BCUT2D eigenvalue weighted by Crippen LogP contribution is -2.33. The number of fused-ring (bicyclic) bond motifs is 5. The van der Waals surface area contributed by atoms with Gasteiger partial charge in [-0.05, 0) is 78.6 Å². The number of imide groups is 1. The Balaban J connectivity index is 1.14. The predicted octanol–water partition coefficient (Wildman–Crippen LogP) is 5.17. The predicted molar refractivity (Wildman–Crippen MR) is 144 cm³/mol. The normalized spacial score (nSPS) is 25.4. The number of carbonyl (C=O) groups is 4. The first kappa shape index (κ1) is 24.6. The van der Waals surface area contributed by atoms with Gasteiger partial charge in [-0.2, -0.15) is 0 Å². The van der Waals surface area contributed by atoms with Crippen molar-refractivity contribution in [1.82, 2.24) is 0 Å². The molecule has 3 fully saturated rings. The van der Waals surface area contributed by atoms with Crippen LogP contribution in [0.25, 0.3) is 0 Å². The molecule has 3 aromatic carbocycles. The van der Waals surface area contributed by atoms with Crippen molar-refractivity contribution in [2.24, 2.45) is 23.7 Å². The van der Waals surface area contributed by atoms with Gasteiger partial charge >= 0.3 is 5.97 Å². The Bertz CT molecular complexity index is 1420. The number of nitrogens with zero attached hydrogens (tertiary/aromatic N) is 1. The number of benzene rings is 3. The molecule has 192 valence electrons. The molecule has 38 heavy (non-hydrogen) atoms. The summed E-state index contributed by atoms with van der Waals surface area (Å²) in [4.78, 5) is 53.2. The molecule has 3 aromatic rings. The minimum atomic E-state index is -0.707. The second kappa shape index (κ2) is 9.83. The van der Waals surface area contributed by atoms with E-state index >= 15 is 0 Å². The van der Waals surface area contributed by atoms with Gasteiger partial charge in [-0.15, -0.1) is 0 Å². The number of hydrogen-bond acceptors (Lipinski definition) is 5. The molecule has 6 rings (SSSR count). The molecule has 2 saturated carbocycles. The number of hydrogen-bond donors (Lipinski definition) is 1. The molecular weight excluding hydrogens is 548 g/mol. The van der Waals surface area contributed by atoms with Gasteiger partial charge in [0, 0.05) is 10.2 Å². The van der Waals surface area contributed by atoms with Crippen molar-refractivity contribution in [3.8, 4) is 0 Å². The summed E-state index contributed by atoms with van der Waals surface area (Å²) in [5.74, 6) is -1.57. The van der Waals surface area contributed by atoms with Crippen LogP contribution in [0, 0.1) is 23.7 Å². The van der Waals surface area contributed by atoms with Gasteiger partial charge in [-0.3, -0.25) is 19.3 Å². The van der Waals surface area contributed by atoms with E-state index in [1.165, 1.54) is 16.5 Å². The fourth-order valence-corrected chi connectivity index (χ4v) is 6.78. The van der Waals surface area contributed by atoms with E-state index in [9.17, 15) is 19.2 Å². The molecule has 1 heterocycles. The minimum absolute atomic E-state index is 0.145. The van der Waals surface area contributed by atoms with Crippen LogP contribution in [0.2, 0.25) is 0 Å². The van der Waals surface area contributed by atoms with E-state index in [0.29, 0.717) is 11.4 Å². The summed E-state index contributed by atoms with van der Waals surface area (Å²) in [7, 11) is 0. The SMILES string of the molecule is O=C(COC(=O)c1cccc(N2C(=O)[C@@H]3[C@@H]4C[C@@H]([C@@H]3C2=O)[C@H](c2ccccc2)C4)c1)Nc1ccc(Br)cc1. The Morgan fingerprint density at radius 1 is 0.895 bits per heavy atom. The quantitative estimate of drug-likeness (QED) is 0.325. The van der Waals surface area contributed by atoms with Crippen molar-refractivity contribution in [2.45, 2.75) is 18.8 Å². The molecule has 1 saturated heterocycles. The van der Waals surface area contributed by atoms with Gasteiger partial charge in [0.1, 0.15) is 0 Å². The number of rotatable bonds is 6. The fourth-order valence-electron chi connectivity index (χ4n) is 6.51. The second-order valence-corrected chi connectivity index (χ2v) is 11.1. The molecule has 8 heteroatoms. The third-order valence-corrected chi connectivity index (χ3v) is 8.57. The van der Waals surface area contributed by atoms with Gasteiger partial charge in [0.15, 0.2) is 6.61 Å². The molecule has 0 radical (unpaired) electrons. The minimum Gasteiger partial charge on any atom is -0.452 e. The summed E-state index contributed by atoms with van der Waals surface area (Å²) >= 11 is 3.33. The van der Waals surface area contributed by atoms with Crippen LogP contribution in [0.5, 0.6) is 0 Å². The number of amides is 3. The molecule has 0 aromatic heterocycles. The summed E-state index contributed by atoms with van der Waals surface area (Å²) in [6.45, 7) is -0.463. The van der Waals surface area contributed by atoms with Crippen LogP contribution in [0.1, 0.15) is 34.7 Å². The lowest BCUT2D eigenvalue weighted by atomic mass is 9.73. The van der Waals surface area contributed by atoms with Crippen LogP contribution in [0.15, 0.2) is 83.3 Å². The maximum atomic E-state index is 13.6. The smallest absolute Gasteiger partial charge is 0.338 e. The van der Waals surface area contributed by atoms with Gasteiger partial charge in [0.05, 0.1) is 23.1 Å². The molecule has 0 unspecified atom stereocenters. The zero-order valence-corrected chi connectivity index (χ0v) is 22.0. The largest absolute Gasteiger partial charge is 0.452 e. The van der Waals surface area contributed by atoms with E-state index < -0.39 is 18.5 Å². The molecule has 1 N–H and O–H groups in total. The van der Waals surface area contributed by atoms with Crippen LogP contribution in [0.4, 0.5) is 11.4 Å². The van der Waals surface area contributed by atoms with Crippen molar-refractivity contribution >= 4 is 51.0 Å². The highest BCUT2D eigenvalue weighted by Crippen LogP contribution is 2.61. The summed E-state index contributed by atoms with van der Waals surface area (Å²) in [5.41, 5.74) is 2.34. The van der Waals surface area contributed by atoms with Gasteiger partial charge in [-0.25, -0.2) is 4.79 Å². The van der Waals surface area contributed by atoms with E-state index in [1.807, 2.05) is 18.2 Å². The maximum Gasteiger partial charge on any atom is 0.338 e. The molecular formula is C30H25BrN2O5. The van der Waals surface area contributed by atoms with Crippen LogP contribution in [-0.2, 0) is 19.1 Å².